The van der Waals surface area contributed by atoms with Gasteiger partial charge in [-0.3, -0.25) is 0 Å². The standard InChI is InChI=1S/C6H13F5O3SSi/c1-12-16(13-2,14-3)6-4-5-15(7,8,9,10)11/h4-5H,6H2,1-3H3. The summed E-state index contributed by atoms with van der Waals surface area (Å²) in [6.45, 7) is 0. The quantitative estimate of drug-likeness (QED) is 0.551. The Morgan fingerprint density at radius 3 is 1.56 bits per heavy atom. The van der Waals surface area contributed by atoms with Crippen molar-refractivity contribution in [3.8, 4) is 0 Å². The molecule has 0 aliphatic carbocycles. The van der Waals surface area contributed by atoms with Gasteiger partial charge in [-0.05, 0) is 0 Å². The van der Waals surface area contributed by atoms with Crippen LogP contribution in [0.1, 0.15) is 0 Å². The lowest BCUT2D eigenvalue weighted by Crippen LogP contribution is -2.42. The van der Waals surface area contributed by atoms with Crippen molar-refractivity contribution >= 4 is 19.0 Å². The third-order valence-electron chi connectivity index (χ3n) is 1.65. The van der Waals surface area contributed by atoms with Crippen LogP contribution in [-0.2, 0) is 13.3 Å². The highest BCUT2D eigenvalue weighted by molar-refractivity contribution is 8.48. The van der Waals surface area contributed by atoms with E-state index >= 15 is 0 Å². The van der Waals surface area contributed by atoms with Crippen molar-refractivity contribution in [3.05, 3.63) is 11.5 Å². The highest BCUT2D eigenvalue weighted by atomic mass is 32.5. The number of allylic oxidation sites excluding steroid dienone is 1. The molecule has 0 aromatic rings. The van der Waals surface area contributed by atoms with Crippen molar-refractivity contribution in [2.24, 2.45) is 0 Å². The molecule has 0 N–H and O–H groups in total. The van der Waals surface area contributed by atoms with Crippen LogP contribution in [0.4, 0.5) is 19.4 Å². The summed E-state index contributed by atoms with van der Waals surface area (Å²) in [6, 6.07) is -0.484. The van der Waals surface area contributed by atoms with Crippen LogP contribution < -0.4 is 0 Å². The van der Waals surface area contributed by atoms with Crippen molar-refractivity contribution in [2.75, 3.05) is 21.3 Å². The van der Waals surface area contributed by atoms with Gasteiger partial charge in [-0.1, -0.05) is 25.5 Å². The van der Waals surface area contributed by atoms with E-state index in [9.17, 15) is 19.4 Å². The second kappa shape index (κ2) is 3.94. The Kier molecular flexibility index (Phi) is 3.90. The van der Waals surface area contributed by atoms with E-state index in [2.05, 4.69) is 0 Å². The number of halogens is 5. The van der Waals surface area contributed by atoms with E-state index in [0.29, 0.717) is 0 Å². The average molecular weight is 288 g/mol. The van der Waals surface area contributed by atoms with Crippen molar-refractivity contribution < 1.29 is 32.7 Å². The summed E-state index contributed by atoms with van der Waals surface area (Å²) in [5.74, 6) is 0. The first-order valence-electron chi connectivity index (χ1n) is 3.94. The molecule has 0 bridgehead atoms. The molecule has 16 heavy (non-hydrogen) atoms. The van der Waals surface area contributed by atoms with Crippen molar-refractivity contribution in [1.82, 2.24) is 0 Å². The summed E-state index contributed by atoms with van der Waals surface area (Å²) in [5, 5.41) is -1.03. The first-order valence-corrected chi connectivity index (χ1v) is 7.89. The Labute approximate surface area is 91.3 Å². The molecule has 0 aromatic carbocycles. The summed E-state index contributed by atoms with van der Waals surface area (Å²) in [4.78, 5) is 0. The molecule has 0 amide bonds. The minimum Gasteiger partial charge on any atom is -0.377 e. The van der Waals surface area contributed by atoms with Crippen LogP contribution in [0.3, 0.4) is 0 Å². The predicted molar refractivity (Wildman–Crippen MR) is 53.9 cm³/mol. The van der Waals surface area contributed by atoms with E-state index in [1.165, 1.54) is 21.3 Å². The molecule has 0 aliphatic rings. The van der Waals surface area contributed by atoms with Crippen molar-refractivity contribution in [3.63, 3.8) is 0 Å². The smallest absolute Gasteiger partial charge is 0.377 e. The Hall–Kier alpha value is -0.163. The van der Waals surface area contributed by atoms with Gasteiger partial charge < -0.3 is 13.3 Å². The maximum Gasteiger partial charge on any atom is 0.504 e. The van der Waals surface area contributed by atoms with Crippen LogP contribution in [0.25, 0.3) is 0 Å². The molecule has 0 unspecified atom stereocenters. The molecule has 0 aliphatic heterocycles. The normalized spacial score (nSPS) is 18.5. The highest BCUT2D eigenvalue weighted by Crippen LogP contribution is 2.99. The van der Waals surface area contributed by atoms with Crippen LogP contribution in [0.2, 0.25) is 6.04 Å². The van der Waals surface area contributed by atoms with Crippen molar-refractivity contribution in [1.29, 1.82) is 0 Å². The zero-order valence-corrected chi connectivity index (χ0v) is 10.7. The van der Waals surface area contributed by atoms with Gasteiger partial charge in [-0.25, -0.2) is 0 Å². The Bertz CT molecular complexity index is 263. The van der Waals surface area contributed by atoms with E-state index in [0.717, 1.165) is 0 Å². The van der Waals surface area contributed by atoms with Crippen LogP contribution >= 0.6 is 10.2 Å². The van der Waals surface area contributed by atoms with Gasteiger partial charge in [-0.2, -0.15) is 0 Å². The highest BCUT2D eigenvalue weighted by Gasteiger charge is 2.60. The molecule has 100 valence electrons. The van der Waals surface area contributed by atoms with Gasteiger partial charge in [0, 0.05) is 27.4 Å². The molecule has 0 fully saturated rings. The van der Waals surface area contributed by atoms with Gasteiger partial charge in [0.25, 0.3) is 0 Å². The van der Waals surface area contributed by atoms with Gasteiger partial charge in [0.15, 0.2) is 0 Å². The summed E-state index contributed by atoms with van der Waals surface area (Å²) >= 11 is 0. The van der Waals surface area contributed by atoms with Crippen LogP contribution in [0, 0.1) is 0 Å². The third-order valence-corrected chi connectivity index (χ3v) is 4.96. The lowest BCUT2D eigenvalue weighted by atomic mass is 10.8. The Balaban J connectivity index is 4.75. The minimum absolute atomic E-state index is 0.268. The molecule has 0 radical (unpaired) electrons. The fraction of sp³-hybridized carbons (Fsp3) is 0.667. The van der Waals surface area contributed by atoms with Gasteiger partial charge in [0.2, 0.25) is 0 Å². The topological polar surface area (TPSA) is 27.7 Å². The van der Waals surface area contributed by atoms with E-state index < -0.39 is 30.5 Å². The third kappa shape index (κ3) is 6.43. The zero-order valence-electron chi connectivity index (χ0n) is 8.88. The minimum atomic E-state index is -9.51. The second-order valence-electron chi connectivity index (χ2n) is 2.90. The lowest BCUT2D eigenvalue weighted by molar-refractivity contribution is 0.127. The summed E-state index contributed by atoms with van der Waals surface area (Å²) in [7, 11) is -9.28. The maximum absolute atomic E-state index is 11.9. The van der Waals surface area contributed by atoms with Gasteiger partial charge in [-0.15, -0.1) is 0 Å². The monoisotopic (exact) mass is 288 g/mol. The molecule has 0 heterocycles. The lowest BCUT2D eigenvalue weighted by Gasteiger charge is -2.37. The first-order chi connectivity index (χ1) is 6.87. The summed E-state index contributed by atoms with van der Waals surface area (Å²) in [6.07, 6.45) is 0.268. The molecule has 10 heteroatoms. The van der Waals surface area contributed by atoms with Crippen LogP contribution in [0.15, 0.2) is 11.5 Å². The average Bonchev–Trinajstić information content (AvgIpc) is 2.09. The largest absolute Gasteiger partial charge is 0.504 e. The molecule has 0 saturated carbocycles. The van der Waals surface area contributed by atoms with Crippen LogP contribution in [-0.4, -0.2) is 30.1 Å². The fourth-order valence-corrected chi connectivity index (χ4v) is 2.91. The SMILES string of the molecule is CO[Si](CC=CS(F)(F)(F)(F)F)(OC)OC. The Morgan fingerprint density at radius 1 is 0.938 bits per heavy atom. The van der Waals surface area contributed by atoms with E-state index in [1.807, 2.05) is 0 Å². The molecular weight excluding hydrogens is 275 g/mol. The molecule has 0 spiro atoms. The van der Waals surface area contributed by atoms with Gasteiger partial charge in [0.1, 0.15) is 0 Å². The predicted octanol–water partition coefficient (Wildman–Crippen LogP) is 3.68. The molecule has 0 saturated heterocycles. The Morgan fingerprint density at radius 2 is 1.31 bits per heavy atom. The second-order valence-corrected chi connectivity index (χ2v) is 8.23. The number of rotatable bonds is 6. The summed E-state index contributed by atoms with van der Waals surface area (Å²) in [5.41, 5.74) is 0. The van der Waals surface area contributed by atoms with E-state index in [1.54, 1.807) is 0 Å². The molecule has 0 atom stereocenters. The number of hydrogen-bond donors (Lipinski definition) is 0. The van der Waals surface area contributed by atoms with Crippen LogP contribution in [0.5, 0.6) is 0 Å². The molecular formula is C6H13F5O3SSi. The van der Waals surface area contributed by atoms with Gasteiger partial charge in [0.05, 0.1) is 5.41 Å². The fourth-order valence-electron chi connectivity index (χ4n) is 0.874. The maximum atomic E-state index is 11.9. The number of hydrogen-bond acceptors (Lipinski definition) is 3. The molecule has 0 rings (SSSR count). The molecule has 3 nitrogen and oxygen atoms in total. The van der Waals surface area contributed by atoms with Crippen molar-refractivity contribution in [2.45, 2.75) is 6.04 Å². The zero-order chi connectivity index (χ0) is 13.2. The van der Waals surface area contributed by atoms with E-state index in [-0.39, 0.29) is 6.08 Å². The van der Waals surface area contributed by atoms with Gasteiger partial charge >= 0.3 is 19.0 Å². The van der Waals surface area contributed by atoms with E-state index in [4.69, 9.17) is 13.3 Å². The molecule has 0 aromatic heterocycles. The first kappa shape index (κ1) is 15.8. The summed E-state index contributed by atoms with van der Waals surface area (Å²) < 4.78 is 73.8.